The lowest BCUT2D eigenvalue weighted by Gasteiger charge is -2.28. The van der Waals surface area contributed by atoms with Gasteiger partial charge in [0, 0.05) is 11.9 Å². The first kappa shape index (κ1) is 20.2. The number of carbonyl (C=O) groups excluding carboxylic acids is 1. The normalized spacial score (nSPS) is 13.7. The zero-order valence-electron chi connectivity index (χ0n) is 16.0. The lowest BCUT2D eigenvalue weighted by molar-refractivity contribution is -0.121. The molecule has 1 aliphatic heterocycles. The molecule has 3 aromatic rings. The van der Waals surface area contributed by atoms with E-state index in [0.717, 1.165) is 0 Å². The quantitative estimate of drug-likeness (QED) is 0.637. The second-order valence-corrected chi connectivity index (χ2v) is 8.81. The first-order valence-electron chi connectivity index (χ1n) is 8.88. The summed E-state index contributed by atoms with van der Waals surface area (Å²) in [6.45, 7) is 3.26. The van der Waals surface area contributed by atoms with Crippen molar-refractivity contribution in [2.24, 2.45) is 0 Å². The molecule has 0 unspecified atom stereocenters. The van der Waals surface area contributed by atoms with Crippen LogP contribution in [0.2, 0.25) is 5.02 Å². The molecule has 0 radical (unpaired) electrons. The van der Waals surface area contributed by atoms with Crippen LogP contribution < -0.4 is 14.4 Å². The topological polar surface area (TPSA) is 115 Å². The van der Waals surface area contributed by atoms with Gasteiger partial charge in [0.2, 0.25) is 5.89 Å². The lowest BCUT2D eigenvalue weighted by atomic mass is 10.2. The number of rotatable bonds is 5. The van der Waals surface area contributed by atoms with Crippen molar-refractivity contribution >= 4 is 38.9 Å². The van der Waals surface area contributed by atoms with Crippen LogP contribution in [0.3, 0.4) is 0 Å². The summed E-state index contributed by atoms with van der Waals surface area (Å²) in [6.07, 6.45) is 0. The summed E-state index contributed by atoms with van der Waals surface area (Å²) in [5.41, 5.74) is 1.39. The fraction of sp³-hybridized carbons (Fsp3) is 0.211. The van der Waals surface area contributed by atoms with Crippen molar-refractivity contribution in [3.05, 3.63) is 58.7 Å². The Morgan fingerprint density at radius 2 is 2.00 bits per heavy atom. The number of fused-ring (bicyclic) bond motifs is 1. The van der Waals surface area contributed by atoms with Gasteiger partial charge in [-0.3, -0.25) is 14.4 Å². The van der Waals surface area contributed by atoms with Crippen LogP contribution in [0.1, 0.15) is 17.3 Å². The van der Waals surface area contributed by atoms with E-state index in [9.17, 15) is 13.2 Å². The molecule has 2 aromatic carbocycles. The average Bonchev–Trinajstić information content (AvgIpc) is 3.11. The van der Waals surface area contributed by atoms with Gasteiger partial charge in [-0.15, -0.1) is 0 Å². The molecule has 0 atom stereocenters. The molecule has 0 bridgehead atoms. The highest BCUT2D eigenvalue weighted by atomic mass is 35.5. The van der Waals surface area contributed by atoms with E-state index in [0.29, 0.717) is 39.4 Å². The van der Waals surface area contributed by atoms with Crippen LogP contribution in [-0.4, -0.2) is 31.1 Å². The highest BCUT2D eigenvalue weighted by molar-refractivity contribution is 7.92. The molecule has 9 nitrogen and oxygen atoms in total. The van der Waals surface area contributed by atoms with Crippen LogP contribution in [0.4, 0.5) is 11.4 Å². The van der Waals surface area contributed by atoms with Gasteiger partial charge in [-0.05, 0) is 42.8 Å². The third-order valence-electron chi connectivity index (χ3n) is 4.50. The van der Waals surface area contributed by atoms with E-state index >= 15 is 0 Å². The number of halogens is 1. The number of aromatic nitrogens is 2. The number of aryl methyl sites for hydroxylation is 2. The average molecular weight is 449 g/mol. The van der Waals surface area contributed by atoms with Gasteiger partial charge in [-0.2, -0.15) is 4.98 Å². The van der Waals surface area contributed by atoms with Gasteiger partial charge >= 0.3 is 0 Å². The Kier molecular flexibility index (Phi) is 5.12. The van der Waals surface area contributed by atoms with Crippen LogP contribution in [0, 0.1) is 13.8 Å². The second-order valence-electron chi connectivity index (χ2n) is 6.69. The number of anilines is 2. The van der Waals surface area contributed by atoms with Crippen molar-refractivity contribution in [1.82, 2.24) is 10.1 Å². The maximum atomic E-state index is 13.0. The Hall–Kier alpha value is -3.11. The molecule has 1 aliphatic rings. The third kappa shape index (κ3) is 3.96. The molecule has 1 amide bonds. The first-order chi connectivity index (χ1) is 14.2. The van der Waals surface area contributed by atoms with E-state index in [1.165, 1.54) is 29.2 Å². The number of nitrogens with one attached hydrogen (secondary N) is 1. The smallest absolute Gasteiger partial charge is 0.265 e. The van der Waals surface area contributed by atoms with Gasteiger partial charge in [0.05, 0.1) is 22.8 Å². The monoisotopic (exact) mass is 448 g/mol. The Morgan fingerprint density at radius 3 is 2.73 bits per heavy atom. The van der Waals surface area contributed by atoms with Crippen molar-refractivity contribution in [2.75, 3.05) is 16.2 Å². The predicted octanol–water partition coefficient (Wildman–Crippen LogP) is 3.07. The molecular weight excluding hydrogens is 432 g/mol. The van der Waals surface area contributed by atoms with Crippen molar-refractivity contribution in [1.29, 1.82) is 0 Å². The molecular formula is C19H17ClN4O5S. The number of carbonyl (C=O) groups is 1. The number of benzene rings is 2. The predicted molar refractivity (Wildman–Crippen MR) is 109 cm³/mol. The van der Waals surface area contributed by atoms with Gasteiger partial charge in [0.1, 0.15) is 5.75 Å². The van der Waals surface area contributed by atoms with Crippen molar-refractivity contribution in [3.8, 4) is 5.75 Å². The van der Waals surface area contributed by atoms with Crippen molar-refractivity contribution in [2.45, 2.75) is 25.3 Å². The molecule has 1 aromatic heterocycles. The molecule has 2 heterocycles. The molecule has 1 N–H and O–H groups in total. The summed E-state index contributed by atoms with van der Waals surface area (Å²) in [7, 11) is -3.95. The Balaban J connectivity index is 1.69. The number of nitrogens with zero attached hydrogens (tertiary/aromatic N) is 3. The number of hydrogen-bond donors (Lipinski definition) is 1. The van der Waals surface area contributed by atoms with Crippen molar-refractivity contribution in [3.63, 3.8) is 0 Å². The zero-order chi connectivity index (χ0) is 21.5. The first-order valence-corrected chi connectivity index (χ1v) is 10.7. The Labute approximate surface area is 177 Å². The van der Waals surface area contributed by atoms with Crippen LogP contribution in [0.5, 0.6) is 5.75 Å². The van der Waals surface area contributed by atoms with Gasteiger partial charge < -0.3 is 9.26 Å². The van der Waals surface area contributed by atoms with E-state index in [2.05, 4.69) is 14.9 Å². The summed E-state index contributed by atoms with van der Waals surface area (Å²) >= 11 is 5.99. The number of ether oxygens (including phenoxy) is 1. The fourth-order valence-electron chi connectivity index (χ4n) is 2.98. The molecule has 0 fully saturated rings. The molecule has 0 saturated carbocycles. The van der Waals surface area contributed by atoms with Gasteiger partial charge in [-0.25, -0.2) is 8.42 Å². The number of amides is 1. The van der Waals surface area contributed by atoms with E-state index in [-0.39, 0.29) is 24.0 Å². The summed E-state index contributed by atoms with van der Waals surface area (Å²) in [5, 5.41) is 4.21. The standard InChI is InChI=1S/C19H17ClN4O5S/c1-11-3-4-13(20)7-15(11)23-30(26,27)14-5-6-17-16(8-14)24(19(25)10-28-17)9-18-21-12(2)29-22-18/h3-8,23H,9-10H2,1-2H3. The van der Waals surface area contributed by atoms with Crippen molar-refractivity contribution < 1.29 is 22.5 Å². The lowest BCUT2D eigenvalue weighted by Crippen LogP contribution is -2.38. The van der Waals surface area contributed by atoms with Crippen LogP contribution in [-0.2, 0) is 21.4 Å². The van der Waals surface area contributed by atoms with E-state index < -0.39 is 10.0 Å². The van der Waals surface area contributed by atoms with Crippen LogP contribution in [0.15, 0.2) is 45.8 Å². The van der Waals surface area contributed by atoms with Crippen LogP contribution >= 0.6 is 11.6 Å². The number of sulfonamides is 1. The Morgan fingerprint density at radius 1 is 1.20 bits per heavy atom. The summed E-state index contributed by atoms with van der Waals surface area (Å²) in [4.78, 5) is 17.9. The van der Waals surface area contributed by atoms with Gasteiger partial charge in [0.15, 0.2) is 12.4 Å². The van der Waals surface area contributed by atoms with Crippen LogP contribution in [0.25, 0.3) is 0 Å². The second kappa shape index (κ2) is 7.62. The maximum Gasteiger partial charge on any atom is 0.265 e. The Bertz CT molecular complexity index is 1240. The molecule has 0 spiro atoms. The molecule has 0 aliphatic carbocycles. The van der Waals surface area contributed by atoms with E-state index in [4.69, 9.17) is 20.9 Å². The molecule has 156 valence electrons. The van der Waals surface area contributed by atoms with E-state index in [1.54, 1.807) is 26.0 Å². The van der Waals surface area contributed by atoms with Gasteiger partial charge in [0.25, 0.3) is 15.9 Å². The highest BCUT2D eigenvalue weighted by Gasteiger charge is 2.29. The highest BCUT2D eigenvalue weighted by Crippen LogP contribution is 2.35. The zero-order valence-corrected chi connectivity index (χ0v) is 17.6. The largest absolute Gasteiger partial charge is 0.482 e. The fourth-order valence-corrected chi connectivity index (χ4v) is 4.29. The minimum absolute atomic E-state index is 0.0247. The summed E-state index contributed by atoms with van der Waals surface area (Å²) < 4.78 is 38.8. The SMILES string of the molecule is Cc1nc(CN2C(=O)COc3ccc(S(=O)(=O)Nc4cc(Cl)ccc4C)cc32)no1. The molecule has 4 rings (SSSR count). The molecule has 30 heavy (non-hydrogen) atoms. The number of hydrogen-bond acceptors (Lipinski definition) is 7. The maximum absolute atomic E-state index is 13.0. The summed E-state index contributed by atoms with van der Waals surface area (Å²) in [5.74, 6) is 0.698. The molecule has 11 heteroatoms. The third-order valence-corrected chi connectivity index (χ3v) is 6.10. The van der Waals surface area contributed by atoms with E-state index in [1.807, 2.05) is 0 Å². The minimum atomic E-state index is -3.95. The summed E-state index contributed by atoms with van der Waals surface area (Å²) in [6, 6.07) is 9.22. The minimum Gasteiger partial charge on any atom is -0.482 e. The van der Waals surface area contributed by atoms with Gasteiger partial charge in [-0.1, -0.05) is 22.8 Å². The molecule has 0 saturated heterocycles.